The molecule has 0 saturated carbocycles. The van der Waals surface area contributed by atoms with E-state index in [-0.39, 0.29) is 30.1 Å². The zero-order valence-corrected chi connectivity index (χ0v) is 19.3. The van der Waals surface area contributed by atoms with Crippen LogP contribution in [0.25, 0.3) is 0 Å². The van der Waals surface area contributed by atoms with Crippen LogP contribution in [-0.4, -0.2) is 72.5 Å². The second-order valence-electron chi connectivity index (χ2n) is 10.2. The summed E-state index contributed by atoms with van der Waals surface area (Å²) in [6.45, 7) is 11.4. The highest BCUT2D eigenvalue weighted by molar-refractivity contribution is 5.91. The molecular formula is C24H42N2O4. The molecule has 0 bridgehead atoms. The first-order valence-electron chi connectivity index (χ1n) is 12.0. The number of amides is 1. The molecule has 6 nitrogen and oxygen atoms in total. The number of hydrogen-bond donors (Lipinski definition) is 1. The molecule has 0 unspecified atom stereocenters. The average molecular weight is 423 g/mol. The van der Waals surface area contributed by atoms with Crippen LogP contribution >= 0.6 is 0 Å². The Kier molecular flexibility index (Phi) is 8.61. The van der Waals surface area contributed by atoms with E-state index in [9.17, 15) is 4.79 Å². The highest BCUT2D eigenvalue weighted by Crippen LogP contribution is 2.37. The molecular weight excluding hydrogens is 380 g/mol. The van der Waals surface area contributed by atoms with Crippen LogP contribution < -0.4 is 0 Å². The third kappa shape index (κ3) is 6.44. The number of carbonyl (C=O) groups is 1. The largest absolute Gasteiger partial charge is 0.459 e. The third-order valence-electron chi connectivity index (χ3n) is 6.90. The summed E-state index contributed by atoms with van der Waals surface area (Å²) in [5.41, 5.74) is 0.0449. The van der Waals surface area contributed by atoms with E-state index < -0.39 is 0 Å². The quantitative estimate of drug-likeness (QED) is 0.636. The number of rotatable bonds is 7. The van der Waals surface area contributed by atoms with E-state index in [4.69, 9.17) is 14.6 Å². The number of hydrogen-bond acceptors (Lipinski definition) is 5. The molecule has 0 aliphatic carbocycles. The number of piperidine rings is 2. The van der Waals surface area contributed by atoms with Crippen LogP contribution in [-0.2, 0) is 14.3 Å². The van der Waals surface area contributed by atoms with E-state index >= 15 is 0 Å². The van der Waals surface area contributed by atoms with Gasteiger partial charge in [-0.05, 0) is 69.0 Å². The molecule has 3 rings (SSSR count). The second-order valence-corrected chi connectivity index (χ2v) is 10.2. The molecule has 2 saturated heterocycles. The van der Waals surface area contributed by atoms with Crippen molar-refractivity contribution >= 4 is 5.91 Å². The fraction of sp³-hybridized carbons (Fsp3) is 0.875. The summed E-state index contributed by atoms with van der Waals surface area (Å²) in [7, 11) is 0. The maximum atomic E-state index is 13.3. The molecule has 3 heterocycles. The van der Waals surface area contributed by atoms with E-state index in [2.05, 4.69) is 25.7 Å². The molecule has 0 aromatic heterocycles. The van der Waals surface area contributed by atoms with Gasteiger partial charge in [-0.1, -0.05) is 27.2 Å². The lowest BCUT2D eigenvalue weighted by Gasteiger charge is -2.41. The second kappa shape index (κ2) is 11.0. The fourth-order valence-corrected chi connectivity index (χ4v) is 4.82. The van der Waals surface area contributed by atoms with Gasteiger partial charge in [-0.3, -0.25) is 4.79 Å². The van der Waals surface area contributed by atoms with Crippen LogP contribution in [0.1, 0.15) is 72.1 Å². The van der Waals surface area contributed by atoms with Gasteiger partial charge in [-0.25, -0.2) is 0 Å². The maximum Gasteiger partial charge on any atom is 0.288 e. The Labute approximate surface area is 182 Å². The Morgan fingerprint density at radius 3 is 2.47 bits per heavy atom. The number of allylic oxidation sites excluding steroid dienone is 1. The summed E-state index contributed by atoms with van der Waals surface area (Å²) in [6.07, 6.45) is 10.0. The van der Waals surface area contributed by atoms with Gasteiger partial charge in [-0.2, -0.15) is 0 Å². The smallest absolute Gasteiger partial charge is 0.288 e. The molecule has 0 spiro atoms. The first-order valence-corrected chi connectivity index (χ1v) is 12.0. The lowest BCUT2D eigenvalue weighted by Crippen LogP contribution is -2.49. The minimum Gasteiger partial charge on any atom is -0.459 e. The van der Waals surface area contributed by atoms with Gasteiger partial charge in [0.1, 0.15) is 0 Å². The third-order valence-corrected chi connectivity index (χ3v) is 6.90. The molecule has 1 N–H and O–H groups in total. The molecule has 6 heteroatoms. The van der Waals surface area contributed by atoms with Crippen LogP contribution in [0.5, 0.6) is 0 Å². The van der Waals surface area contributed by atoms with Crippen molar-refractivity contribution in [1.82, 2.24) is 9.80 Å². The number of aliphatic hydroxyl groups excluding tert-OH is 1. The molecule has 1 amide bonds. The number of carbonyl (C=O) groups excluding carboxylic acids is 1. The highest BCUT2D eigenvalue weighted by atomic mass is 16.7. The number of likely N-dealkylation sites (tertiary alicyclic amines) is 2. The Morgan fingerprint density at radius 1 is 1.13 bits per heavy atom. The Balaban J connectivity index is 1.57. The number of aliphatic hydroxyl groups is 1. The molecule has 0 radical (unpaired) electrons. The van der Waals surface area contributed by atoms with Crippen LogP contribution in [0.3, 0.4) is 0 Å². The normalized spacial score (nSPS) is 26.9. The van der Waals surface area contributed by atoms with Crippen molar-refractivity contribution < 1.29 is 19.4 Å². The minimum atomic E-state index is -0.386. The average Bonchev–Trinajstić information content (AvgIpc) is 2.76. The first-order chi connectivity index (χ1) is 14.4. The lowest BCUT2D eigenvalue weighted by molar-refractivity contribution is -0.159. The highest BCUT2D eigenvalue weighted by Gasteiger charge is 2.36. The van der Waals surface area contributed by atoms with Gasteiger partial charge in [0.2, 0.25) is 6.29 Å². The molecule has 2 fully saturated rings. The van der Waals surface area contributed by atoms with Crippen LogP contribution in [0.4, 0.5) is 0 Å². The number of nitrogens with zero attached hydrogens (tertiary/aromatic N) is 2. The molecule has 0 aromatic rings. The number of unbranched alkanes of at least 4 members (excludes halogenated alkanes) is 1. The van der Waals surface area contributed by atoms with E-state index in [1.165, 1.54) is 32.4 Å². The van der Waals surface area contributed by atoms with Crippen molar-refractivity contribution in [2.24, 2.45) is 11.3 Å². The summed E-state index contributed by atoms with van der Waals surface area (Å²) in [6, 6.07) is 0.625. The Bertz CT molecular complexity index is 572. The molecule has 30 heavy (non-hydrogen) atoms. The van der Waals surface area contributed by atoms with E-state index in [0.29, 0.717) is 18.4 Å². The topological polar surface area (TPSA) is 62.2 Å². The van der Waals surface area contributed by atoms with E-state index in [1.807, 2.05) is 11.0 Å². The SMILES string of the molecule is CC(C)(C)[C@@H]1C=C(C(=O)N2CCC(N3CCCCC3)CC2)O[C@H](OCCCCO)C1. The van der Waals surface area contributed by atoms with Gasteiger partial charge in [0.05, 0.1) is 6.61 Å². The van der Waals surface area contributed by atoms with Crippen molar-refractivity contribution in [2.45, 2.75) is 84.5 Å². The maximum absolute atomic E-state index is 13.3. The van der Waals surface area contributed by atoms with Crippen LogP contribution in [0.15, 0.2) is 11.8 Å². The van der Waals surface area contributed by atoms with Crippen molar-refractivity contribution in [1.29, 1.82) is 0 Å². The number of ether oxygens (including phenoxy) is 2. The molecule has 0 aromatic carbocycles. The standard InChI is InChI=1S/C24H42N2O4/c1-24(2,3)19-17-21(30-22(18-19)29-16-8-7-15-27)23(28)26-13-9-20(10-14-26)25-11-5-4-6-12-25/h17,19-20,22,27H,4-16,18H2,1-3H3/t19-,22+/m1/s1. The summed E-state index contributed by atoms with van der Waals surface area (Å²) in [4.78, 5) is 17.9. The predicted molar refractivity (Wildman–Crippen MR) is 118 cm³/mol. The molecule has 3 aliphatic rings. The summed E-state index contributed by atoms with van der Waals surface area (Å²) in [5.74, 6) is 0.716. The fourth-order valence-electron chi connectivity index (χ4n) is 4.82. The minimum absolute atomic E-state index is 0.0185. The van der Waals surface area contributed by atoms with Gasteiger partial charge < -0.3 is 24.4 Å². The summed E-state index contributed by atoms with van der Waals surface area (Å²) in [5, 5.41) is 8.96. The van der Waals surface area contributed by atoms with Gasteiger partial charge in [0, 0.05) is 32.2 Å². The van der Waals surface area contributed by atoms with Crippen molar-refractivity contribution in [2.75, 3.05) is 39.4 Å². The molecule has 172 valence electrons. The summed E-state index contributed by atoms with van der Waals surface area (Å²) < 4.78 is 11.9. The van der Waals surface area contributed by atoms with E-state index in [1.54, 1.807) is 0 Å². The van der Waals surface area contributed by atoms with Crippen LogP contribution in [0, 0.1) is 11.3 Å². The van der Waals surface area contributed by atoms with Crippen LogP contribution in [0.2, 0.25) is 0 Å². The molecule has 2 atom stereocenters. The van der Waals surface area contributed by atoms with Gasteiger partial charge in [-0.15, -0.1) is 0 Å². The van der Waals surface area contributed by atoms with E-state index in [0.717, 1.165) is 45.2 Å². The zero-order chi connectivity index (χ0) is 21.6. The zero-order valence-electron chi connectivity index (χ0n) is 19.3. The summed E-state index contributed by atoms with van der Waals surface area (Å²) >= 11 is 0. The van der Waals surface area contributed by atoms with Crippen molar-refractivity contribution in [3.05, 3.63) is 11.8 Å². The van der Waals surface area contributed by atoms with Crippen molar-refractivity contribution in [3.8, 4) is 0 Å². The van der Waals surface area contributed by atoms with Gasteiger partial charge in [0.15, 0.2) is 5.76 Å². The van der Waals surface area contributed by atoms with Gasteiger partial charge >= 0.3 is 0 Å². The Hall–Kier alpha value is -1.11. The monoisotopic (exact) mass is 422 g/mol. The lowest BCUT2D eigenvalue weighted by atomic mass is 9.77. The Morgan fingerprint density at radius 2 is 1.83 bits per heavy atom. The first kappa shape index (κ1) is 23.6. The van der Waals surface area contributed by atoms with Gasteiger partial charge in [0.25, 0.3) is 5.91 Å². The predicted octanol–water partition coefficient (Wildman–Crippen LogP) is 3.55. The molecule has 3 aliphatic heterocycles. The van der Waals surface area contributed by atoms with Crippen molar-refractivity contribution in [3.63, 3.8) is 0 Å².